The van der Waals surface area contributed by atoms with Crippen LogP contribution in [0.3, 0.4) is 0 Å². The first-order valence-corrected chi connectivity index (χ1v) is 19.7. The molecular formula is C40H42N2O6S. The third-order valence-electron chi connectivity index (χ3n) is 15.6. The van der Waals surface area contributed by atoms with Gasteiger partial charge in [-0.3, -0.25) is 9.80 Å². The standard InChI is InChI=1S/C40H42N2O6S/c43-25-7-5-21-13-27-39(45)15-23-24-16-40(46)28-14-22-6-8-26(44)32-30(22)38(40,10-12-42(28)18-20-3-4-20)36(48-32)34(24)49-33(23)35-37(39,29(21)31(25)47-35)9-11-41(27)17-19-1-2-19/h5-8,19-20,27-28,35-36,43-46H,1-4,9-18H2/t27?,28?,35-,36-,37-,38-,39+,40+/m0/s1. The Balaban J connectivity index is 1.03. The molecule has 3 aromatic rings. The van der Waals surface area contributed by atoms with E-state index in [1.165, 1.54) is 36.8 Å². The van der Waals surface area contributed by atoms with Crippen molar-refractivity contribution in [1.82, 2.24) is 9.80 Å². The van der Waals surface area contributed by atoms with Gasteiger partial charge in [0.05, 0.1) is 31.8 Å². The average Bonchev–Trinajstić information content (AvgIpc) is 3.98. The summed E-state index contributed by atoms with van der Waals surface area (Å²) in [6.07, 6.45) is 8.40. The molecule has 6 aliphatic carbocycles. The summed E-state index contributed by atoms with van der Waals surface area (Å²) in [6, 6.07) is 7.65. The number of fused-ring (bicyclic) bond motifs is 5. The maximum atomic E-state index is 13.5. The summed E-state index contributed by atoms with van der Waals surface area (Å²) in [5.41, 5.74) is 3.36. The van der Waals surface area contributed by atoms with Crippen molar-refractivity contribution >= 4 is 11.3 Å². The lowest BCUT2D eigenvalue weighted by molar-refractivity contribution is -0.176. The number of aliphatic hydroxyl groups is 2. The van der Waals surface area contributed by atoms with E-state index in [-0.39, 0.29) is 23.6 Å². The van der Waals surface area contributed by atoms with Crippen molar-refractivity contribution in [2.45, 2.75) is 111 Å². The first-order valence-electron chi connectivity index (χ1n) is 18.9. The van der Waals surface area contributed by atoms with Gasteiger partial charge in [0.15, 0.2) is 23.0 Å². The van der Waals surface area contributed by atoms with Crippen molar-refractivity contribution in [2.75, 3.05) is 26.2 Å². The number of piperidine rings is 2. The average molecular weight is 679 g/mol. The molecule has 5 heterocycles. The Kier molecular flexibility index (Phi) is 4.80. The van der Waals surface area contributed by atoms with E-state index in [2.05, 4.69) is 21.9 Å². The summed E-state index contributed by atoms with van der Waals surface area (Å²) in [4.78, 5) is 7.45. The number of aromatic hydroxyl groups is 2. The molecule has 2 spiro atoms. The lowest BCUT2D eigenvalue weighted by Gasteiger charge is -2.63. The van der Waals surface area contributed by atoms with Crippen LogP contribution in [0.4, 0.5) is 0 Å². The second-order valence-electron chi connectivity index (χ2n) is 17.6. The van der Waals surface area contributed by atoms with E-state index in [9.17, 15) is 20.4 Å². The maximum absolute atomic E-state index is 13.5. The maximum Gasteiger partial charge on any atom is 0.166 e. The highest BCUT2D eigenvalue weighted by Gasteiger charge is 2.76. The van der Waals surface area contributed by atoms with Gasteiger partial charge >= 0.3 is 0 Å². The second kappa shape index (κ2) is 8.45. The number of likely N-dealkylation sites (tertiary alicyclic amines) is 2. The van der Waals surface area contributed by atoms with Crippen LogP contribution in [-0.4, -0.2) is 79.7 Å². The van der Waals surface area contributed by atoms with Crippen molar-refractivity contribution in [1.29, 1.82) is 0 Å². The molecule has 1 aromatic heterocycles. The fourth-order valence-electron chi connectivity index (χ4n) is 13.2. The molecule has 254 valence electrons. The van der Waals surface area contributed by atoms with Crippen molar-refractivity contribution < 1.29 is 29.9 Å². The summed E-state index contributed by atoms with van der Waals surface area (Å²) < 4.78 is 13.9. The van der Waals surface area contributed by atoms with Gasteiger partial charge in [0, 0.05) is 49.1 Å². The number of phenols is 2. The van der Waals surface area contributed by atoms with Gasteiger partial charge in [0.25, 0.3) is 0 Å². The zero-order valence-corrected chi connectivity index (χ0v) is 28.4. The van der Waals surface area contributed by atoms with Gasteiger partial charge in [0.2, 0.25) is 0 Å². The van der Waals surface area contributed by atoms with Gasteiger partial charge in [-0.05, 0) is 111 Å². The topological polar surface area (TPSA) is 106 Å². The quantitative estimate of drug-likeness (QED) is 0.319. The van der Waals surface area contributed by atoms with Crippen molar-refractivity contribution in [3.05, 3.63) is 67.4 Å². The third kappa shape index (κ3) is 2.94. The molecule has 4 aliphatic heterocycles. The fourth-order valence-corrected chi connectivity index (χ4v) is 14.8. The van der Waals surface area contributed by atoms with Crippen LogP contribution in [0.1, 0.15) is 93.9 Å². The lowest BCUT2D eigenvalue weighted by atomic mass is 9.47. The molecule has 2 saturated carbocycles. The van der Waals surface area contributed by atoms with Gasteiger partial charge in [0.1, 0.15) is 12.2 Å². The van der Waals surface area contributed by atoms with Crippen LogP contribution in [0.5, 0.6) is 23.0 Å². The second-order valence-corrected chi connectivity index (χ2v) is 18.7. The SMILES string of the molecule is Oc1ccc2c3c1O[C@H]1c4sc5c(c4C[C@@]4(O)C(C2)N(CC2CC2)CC[C@]314)C[C@@]1(O)C2Cc3ccc(O)c4c3[C@@]1(CCN2CC1CC1)[C@H]5O4. The zero-order chi connectivity index (χ0) is 32.4. The van der Waals surface area contributed by atoms with Crippen LogP contribution in [0.15, 0.2) is 24.3 Å². The first kappa shape index (κ1) is 27.8. The van der Waals surface area contributed by atoms with E-state index >= 15 is 0 Å². The predicted molar refractivity (Wildman–Crippen MR) is 181 cm³/mol. The van der Waals surface area contributed by atoms with Crippen LogP contribution >= 0.6 is 11.3 Å². The van der Waals surface area contributed by atoms with Crippen LogP contribution in [0, 0.1) is 11.8 Å². The van der Waals surface area contributed by atoms with Crippen LogP contribution in [-0.2, 0) is 36.5 Å². The summed E-state index contributed by atoms with van der Waals surface area (Å²) in [5.74, 6) is 2.88. The van der Waals surface area contributed by atoms with E-state index in [4.69, 9.17) is 9.47 Å². The van der Waals surface area contributed by atoms with E-state index in [0.29, 0.717) is 24.3 Å². The molecule has 4 N–H and O–H groups in total. The molecular weight excluding hydrogens is 637 g/mol. The molecule has 49 heavy (non-hydrogen) atoms. The number of phenolic OH excluding ortho intramolecular Hbond substituents is 2. The molecule has 0 amide bonds. The first-order chi connectivity index (χ1) is 23.7. The van der Waals surface area contributed by atoms with Crippen LogP contribution in [0.2, 0.25) is 0 Å². The Bertz CT molecular complexity index is 1910. The van der Waals surface area contributed by atoms with Crippen molar-refractivity contribution in [3.63, 3.8) is 0 Å². The number of nitrogens with zero attached hydrogens (tertiary/aromatic N) is 2. The minimum absolute atomic E-state index is 0.0350. The monoisotopic (exact) mass is 678 g/mol. The summed E-state index contributed by atoms with van der Waals surface area (Å²) >= 11 is 1.76. The molecule has 4 bridgehead atoms. The van der Waals surface area contributed by atoms with E-state index < -0.39 is 34.2 Å². The summed E-state index contributed by atoms with van der Waals surface area (Å²) in [7, 11) is 0. The number of thiophene rings is 1. The number of hydrogen-bond donors (Lipinski definition) is 4. The van der Waals surface area contributed by atoms with Gasteiger partial charge in [-0.2, -0.15) is 0 Å². The van der Waals surface area contributed by atoms with Gasteiger partial charge in [-0.25, -0.2) is 0 Å². The summed E-state index contributed by atoms with van der Waals surface area (Å²) in [5, 5.41) is 49.5. The molecule has 8 atom stereocenters. The molecule has 2 saturated heterocycles. The Morgan fingerprint density at radius 2 is 1.12 bits per heavy atom. The normalized spacial score (nSPS) is 41.3. The van der Waals surface area contributed by atoms with Crippen molar-refractivity contribution in [3.8, 4) is 23.0 Å². The third-order valence-corrected chi connectivity index (χ3v) is 16.9. The van der Waals surface area contributed by atoms with Crippen molar-refractivity contribution in [2.24, 2.45) is 11.8 Å². The highest BCUT2D eigenvalue weighted by Crippen LogP contribution is 2.74. The Morgan fingerprint density at radius 3 is 1.55 bits per heavy atom. The van der Waals surface area contributed by atoms with E-state index in [1.54, 1.807) is 23.5 Å². The molecule has 4 fully saturated rings. The molecule has 2 unspecified atom stereocenters. The lowest BCUT2D eigenvalue weighted by Crippen LogP contribution is -2.75. The molecule has 2 aromatic carbocycles. The number of ether oxygens (including phenoxy) is 2. The highest BCUT2D eigenvalue weighted by atomic mass is 32.1. The number of hydrogen-bond acceptors (Lipinski definition) is 9. The molecule has 13 rings (SSSR count). The summed E-state index contributed by atoms with van der Waals surface area (Å²) in [6.45, 7) is 3.90. The Hall–Kier alpha value is -2.82. The predicted octanol–water partition coefficient (Wildman–Crippen LogP) is 4.56. The Morgan fingerprint density at radius 1 is 0.673 bits per heavy atom. The van der Waals surface area contributed by atoms with Crippen LogP contribution < -0.4 is 9.47 Å². The van der Waals surface area contributed by atoms with Crippen LogP contribution in [0.25, 0.3) is 0 Å². The minimum atomic E-state index is -1.07. The van der Waals surface area contributed by atoms with E-state index in [0.717, 1.165) is 95.7 Å². The minimum Gasteiger partial charge on any atom is -0.504 e. The van der Waals surface area contributed by atoms with Gasteiger partial charge in [-0.15, -0.1) is 11.3 Å². The molecule has 8 nitrogen and oxygen atoms in total. The fraction of sp³-hybridized carbons (Fsp3) is 0.600. The van der Waals surface area contributed by atoms with Gasteiger partial charge in [-0.1, -0.05) is 12.1 Å². The molecule has 0 radical (unpaired) electrons. The smallest absolute Gasteiger partial charge is 0.166 e. The highest BCUT2D eigenvalue weighted by molar-refractivity contribution is 7.12. The molecule has 10 aliphatic rings. The number of benzene rings is 2. The Labute approximate surface area is 289 Å². The zero-order valence-electron chi connectivity index (χ0n) is 27.6. The largest absolute Gasteiger partial charge is 0.504 e. The van der Waals surface area contributed by atoms with Gasteiger partial charge < -0.3 is 29.9 Å². The molecule has 9 heteroatoms. The van der Waals surface area contributed by atoms with E-state index in [1.807, 2.05) is 0 Å². The number of rotatable bonds is 4.